The maximum atomic E-state index is 12.7. The minimum atomic E-state index is -0.858. The molecule has 6 nitrogen and oxygen atoms in total. The number of carbonyl (C=O) groups is 1. The van der Waals surface area contributed by atoms with Gasteiger partial charge in [-0.3, -0.25) is 14.4 Å². The average molecular weight is 383 g/mol. The number of carbonyl (C=O) groups excluding carboxylic acids is 1. The van der Waals surface area contributed by atoms with Gasteiger partial charge in [0.15, 0.2) is 11.2 Å². The van der Waals surface area contributed by atoms with Crippen molar-refractivity contribution in [3.05, 3.63) is 85.3 Å². The van der Waals surface area contributed by atoms with E-state index in [2.05, 4.69) is 10.3 Å². The largest absolute Gasteiger partial charge is 0.503 e. The highest BCUT2D eigenvalue weighted by atomic mass is 35.5. The topological polar surface area (TPSA) is 99.3 Å². The molecule has 0 spiro atoms. The van der Waals surface area contributed by atoms with Crippen molar-refractivity contribution in [1.82, 2.24) is 4.98 Å². The Labute approximate surface area is 158 Å². The Balaban J connectivity index is 2.04. The fraction of sp³-hybridized carbons (Fsp3) is 0.0500. The highest BCUT2D eigenvalue weighted by Crippen LogP contribution is 2.17. The molecule has 0 aliphatic carbocycles. The van der Waals surface area contributed by atoms with E-state index in [1.165, 1.54) is 18.2 Å². The molecule has 0 bridgehead atoms. The van der Waals surface area contributed by atoms with Crippen molar-refractivity contribution in [2.45, 2.75) is 6.92 Å². The summed E-state index contributed by atoms with van der Waals surface area (Å²) < 4.78 is 0. The summed E-state index contributed by atoms with van der Waals surface area (Å²) >= 11 is 5.89. The molecular formula is C20H15ClN2O4. The van der Waals surface area contributed by atoms with Gasteiger partial charge in [0.1, 0.15) is 0 Å². The molecule has 136 valence electrons. The van der Waals surface area contributed by atoms with Crippen LogP contribution >= 0.6 is 11.6 Å². The van der Waals surface area contributed by atoms with Crippen LogP contribution in [0.5, 0.6) is 5.75 Å². The third-order valence-corrected chi connectivity index (χ3v) is 4.23. The molecule has 0 saturated carbocycles. The molecule has 0 aliphatic heterocycles. The lowest BCUT2D eigenvalue weighted by atomic mass is 10.1. The lowest BCUT2D eigenvalue weighted by Gasteiger charge is -2.05. The van der Waals surface area contributed by atoms with Crippen LogP contribution in [0.25, 0.3) is 17.0 Å². The van der Waals surface area contributed by atoms with Gasteiger partial charge in [-0.2, -0.15) is 0 Å². The second-order valence-electron chi connectivity index (χ2n) is 5.87. The molecule has 0 unspecified atom stereocenters. The number of H-pyrrole nitrogens is 1. The number of anilines is 1. The molecule has 0 saturated heterocycles. The van der Waals surface area contributed by atoms with E-state index >= 15 is 0 Å². The lowest BCUT2D eigenvalue weighted by Crippen LogP contribution is -2.10. The first kappa shape index (κ1) is 18.4. The smallest absolute Gasteiger partial charge is 0.291 e. The Morgan fingerprint density at radius 1 is 1.19 bits per heavy atom. The normalized spacial score (nSPS) is 11.0. The second-order valence-corrected chi connectivity index (χ2v) is 6.31. The highest BCUT2D eigenvalue weighted by molar-refractivity contribution is 6.31. The van der Waals surface area contributed by atoms with E-state index in [-0.39, 0.29) is 16.5 Å². The van der Waals surface area contributed by atoms with E-state index in [0.717, 1.165) is 17.7 Å². The van der Waals surface area contributed by atoms with Gasteiger partial charge in [0.25, 0.3) is 5.56 Å². The fourth-order valence-electron chi connectivity index (χ4n) is 2.58. The number of hydrogen-bond acceptors (Lipinski definition) is 4. The number of aromatic nitrogens is 1. The van der Waals surface area contributed by atoms with E-state index in [4.69, 9.17) is 11.6 Å². The van der Waals surface area contributed by atoms with Crippen molar-refractivity contribution in [3.8, 4) is 5.75 Å². The van der Waals surface area contributed by atoms with Gasteiger partial charge in [-0.05, 0) is 42.8 Å². The van der Waals surface area contributed by atoms with Gasteiger partial charge in [0.05, 0.1) is 11.1 Å². The average Bonchev–Trinajstić information content (AvgIpc) is 2.71. The van der Waals surface area contributed by atoms with Gasteiger partial charge in [-0.1, -0.05) is 29.8 Å². The molecule has 0 fully saturated rings. The maximum Gasteiger partial charge on any atom is 0.291 e. The second kappa shape index (κ2) is 7.47. The van der Waals surface area contributed by atoms with Gasteiger partial charge >= 0.3 is 0 Å². The zero-order valence-electron chi connectivity index (χ0n) is 14.2. The zero-order chi connectivity index (χ0) is 19.6. The molecule has 0 aliphatic rings. The van der Waals surface area contributed by atoms with E-state index < -0.39 is 22.6 Å². The van der Waals surface area contributed by atoms with Gasteiger partial charge in [-0.15, -0.1) is 0 Å². The summed E-state index contributed by atoms with van der Waals surface area (Å²) in [6.45, 7) is 1.84. The predicted molar refractivity (Wildman–Crippen MR) is 106 cm³/mol. The number of aryl methyl sites for hydroxylation is 1. The number of amides is 1. The van der Waals surface area contributed by atoms with Gasteiger partial charge < -0.3 is 15.4 Å². The SMILES string of the molecule is Cc1ccccc1NC(=O)C=Cc1c(O)c(=O)[nH]c2cc(Cl)ccc2c1=O. The van der Waals surface area contributed by atoms with Crippen LogP contribution in [0, 0.1) is 6.92 Å². The van der Waals surface area contributed by atoms with Crippen molar-refractivity contribution >= 4 is 40.2 Å². The lowest BCUT2D eigenvalue weighted by molar-refractivity contribution is -0.111. The monoisotopic (exact) mass is 382 g/mol. The van der Waals surface area contributed by atoms with E-state index in [1.54, 1.807) is 12.1 Å². The minimum Gasteiger partial charge on any atom is -0.503 e. The summed E-state index contributed by atoms with van der Waals surface area (Å²) in [5.41, 5.74) is -0.0570. The molecule has 0 radical (unpaired) electrons. The third-order valence-electron chi connectivity index (χ3n) is 3.99. The Hall–Kier alpha value is -3.38. The number of hydrogen-bond donors (Lipinski definition) is 3. The summed E-state index contributed by atoms with van der Waals surface area (Å²) in [5.74, 6) is -1.27. The van der Waals surface area contributed by atoms with Crippen LogP contribution in [0.1, 0.15) is 11.1 Å². The van der Waals surface area contributed by atoms with Crippen molar-refractivity contribution in [2.75, 3.05) is 5.32 Å². The Bertz CT molecular complexity index is 1200. The molecule has 3 aromatic rings. The summed E-state index contributed by atoms with van der Waals surface area (Å²) in [6.07, 6.45) is 2.21. The molecule has 3 N–H and O–H groups in total. The van der Waals surface area contributed by atoms with Crippen molar-refractivity contribution in [2.24, 2.45) is 0 Å². The first-order valence-electron chi connectivity index (χ1n) is 8.00. The highest BCUT2D eigenvalue weighted by Gasteiger charge is 2.11. The van der Waals surface area contributed by atoms with E-state index in [1.807, 2.05) is 19.1 Å². The zero-order valence-corrected chi connectivity index (χ0v) is 15.0. The van der Waals surface area contributed by atoms with Crippen LogP contribution in [0.4, 0.5) is 5.69 Å². The molecule has 1 heterocycles. The summed E-state index contributed by atoms with van der Waals surface area (Å²) in [5, 5.41) is 13.3. The molecular weight excluding hydrogens is 368 g/mol. The number of fused-ring (bicyclic) bond motifs is 1. The molecule has 2 aromatic carbocycles. The molecule has 1 aromatic heterocycles. The van der Waals surface area contributed by atoms with Crippen LogP contribution < -0.4 is 16.3 Å². The predicted octanol–water partition coefficient (Wildman–Crippen LogP) is 3.21. The molecule has 0 atom stereocenters. The Morgan fingerprint density at radius 2 is 1.93 bits per heavy atom. The van der Waals surface area contributed by atoms with Gasteiger partial charge in [0.2, 0.25) is 5.91 Å². The molecule has 3 rings (SSSR count). The number of benzene rings is 2. The van der Waals surface area contributed by atoms with Crippen LogP contribution in [0.2, 0.25) is 5.02 Å². The number of nitrogens with one attached hydrogen (secondary N) is 2. The Morgan fingerprint density at radius 3 is 2.67 bits per heavy atom. The minimum absolute atomic E-state index is 0.163. The molecule has 1 amide bonds. The summed E-state index contributed by atoms with van der Waals surface area (Å²) in [7, 11) is 0. The van der Waals surface area contributed by atoms with E-state index in [0.29, 0.717) is 10.7 Å². The Kier molecular flexibility index (Phi) is 5.09. The fourth-order valence-corrected chi connectivity index (χ4v) is 2.75. The summed E-state index contributed by atoms with van der Waals surface area (Å²) in [4.78, 5) is 39.3. The number of aromatic amines is 1. The standard InChI is InChI=1S/C20H15ClN2O4/c1-11-4-2-3-5-15(11)22-17(24)9-8-14-18(25)13-7-6-12(21)10-16(13)23-20(27)19(14)26/h2-10,26H,1H3,(H,22,24)(H,23,27). The van der Waals surface area contributed by atoms with Gasteiger partial charge in [-0.25, -0.2) is 0 Å². The van der Waals surface area contributed by atoms with Crippen molar-refractivity contribution in [1.29, 1.82) is 0 Å². The van der Waals surface area contributed by atoms with Gasteiger partial charge in [0, 0.05) is 22.2 Å². The van der Waals surface area contributed by atoms with Crippen LogP contribution in [0.15, 0.2) is 58.1 Å². The number of halogens is 1. The van der Waals surface area contributed by atoms with Crippen LogP contribution in [-0.4, -0.2) is 16.0 Å². The number of aromatic hydroxyl groups is 1. The first-order valence-corrected chi connectivity index (χ1v) is 8.38. The van der Waals surface area contributed by atoms with Crippen molar-refractivity contribution in [3.63, 3.8) is 0 Å². The molecule has 7 heteroatoms. The first-order chi connectivity index (χ1) is 12.9. The van der Waals surface area contributed by atoms with Crippen LogP contribution in [-0.2, 0) is 4.79 Å². The number of para-hydroxylation sites is 1. The summed E-state index contributed by atoms with van der Waals surface area (Å²) in [6, 6.07) is 11.6. The molecule has 27 heavy (non-hydrogen) atoms. The van der Waals surface area contributed by atoms with E-state index in [9.17, 15) is 19.5 Å². The number of rotatable bonds is 3. The maximum absolute atomic E-state index is 12.7. The third kappa shape index (κ3) is 3.91. The van der Waals surface area contributed by atoms with Crippen molar-refractivity contribution < 1.29 is 9.90 Å². The van der Waals surface area contributed by atoms with Crippen LogP contribution in [0.3, 0.4) is 0 Å². The quantitative estimate of drug-likeness (QED) is 0.605.